The highest BCUT2D eigenvalue weighted by atomic mass is 32.2. The molecule has 8 heteroatoms. The second kappa shape index (κ2) is 11.3. The van der Waals surface area contributed by atoms with Crippen LogP contribution in [0.3, 0.4) is 0 Å². The highest BCUT2D eigenvalue weighted by molar-refractivity contribution is 8.01. The number of nitrogens with zero attached hydrogens (tertiary/aromatic N) is 1. The lowest BCUT2D eigenvalue weighted by atomic mass is 9.78. The molecule has 6 nitrogen and oxygen atoms in total. The number of carboxylic acids is 1. The average molecular weight is 531 g/mol. The molecule has 2 atom stereocenters. The fourth-order valence-corrected chi connectivity index (χ4v) is 6.71. The first-order valence-electron chi connectivity index (χ1n) is 12.2. The van der Waals surface area contributed by atoms with Crippen LogP contribution in [0.1, 0.15) is 36.0 Å². The van der Waals surface area contributed by atoms with E-state index in [1.54, 1.807) is 6.07 Å². The van der Waals surface area contributed by atoms with Crippen LogP contribution < -0.4 is 5.32 Å². The number of Topliss-reactive ketones (excluding diaryl/α,β-unsaturated/α-hetero) is 1. The summed E-state index contributed by atoms with van der Waals surface area (Å²) in [6, 6.07) is 23.2. The van der Waals surface area contributed by atoms with E-state index in [1.165, 1.54) is 23.1 Å². The average Bonchev–Trinajstić information content (AvgIpc) is 3.34. The molecule has 1 aliphatic carbocycles. The number of aliphatic carboxylic acids is 1. The van der Waals surface area contributed by atoms with Crippen LogP contribution in [0, 0.1) is 11.8 Å². The topological polar surface area (TPSA) is 96.4 Å². The number of nitrogens with one attached hydrogen (secondary N) is 1. The molecule has 37 heavy (non-hydrogen) atoms. The Hall–Kier alpha value is -3.49. The van der Waals surface area contributed by atoms with E-state index >= 15 is 0 Å². The van der Waals surface area contributed by atoms with Crippen LogP contribution in [0.25, 0.3) is 21.3 Å². The second-order valence-electron chi connectivity index (χ2n) is 9.14. The monoisotopic (exact) mass is 530 g/mol. The lowest BCUT2D eigenvalue weighted by molar-refractivity contribution is -0.147. The quantitative estimate of drug-likeness (QED) is 0.193. The first-order chi connectivity index (χ1) is 18.0. The molecule has 0 unspecified atom stereocenters. The third-order valence-electron chi connectivity index (χ3n) is 6.70. The molecule has 0 radical (unpaired) electrons. The van der Waals surface area contributed by atoms with Crippen LogP contribution >= 0.6 is 23.1 Å². The normalized spacial score (nSPS) is 17.4. The number of ketones is 1. The molecular weight excluding hydrogens is 504 g/mol. The number of benzene rings is 3. The van der Waals surface area contributed by atoms with Crippen molar-refractivity contribution in [1.29, 1.82) is 0 Å². The number of anilines is 1. The summed E-state index contributed by atoms with van der Waals surface area (Å²) in [5.41, 5.74) is 4.27. The molecular formula is C29H26N2O4S2. The SMILES string of the molecule is O=C(CSc1nc2ccc(NC(=O)[C@H]3CCCC[C@H]3C(=O)O)cc2s1)c1ccc(-c2ccccc2)cc1. The van der Waals surface area contributed by atoms with Crippen molar-refractivity contribution in [3.05, 3.63) is 78.4 Å². The van der Waals surface area contributed by atoms with Gasteiger partial charge in [-0.3, -0.25) is 14.4 Å². The maximum Gasteiger partial charge on any atom is 0.307 e. The summed E-state index contributed by atoms with van der Waals surface area (Å²) in [5, 5.41) is 12.4. The van der Waals surface area contributed by atoms with E-state index < -0.39 is 17.8 Å². The number of thiazole rings is 1. The maximum atomic E-state index is 12.8. The van der Waals surface area contributed by atoms with Gasteiger partial charge in [-0.05, 0) is 42.2 Å². The Morgan fingerprint density at radius 3 is 2.35 bits per heavy atom. The molecule has 1 aliphatic rings. The Morgan fingerprint density at radius 1 is 0.919 bits per heavy atom. The highest BCUT2D eigenvalue weighted by Crippen LogP contribution is 2.34. The highest BCUT2D eigenvalue weighted by Gasteiger charge is 2.35. The van der Waals surface area contributed by atoms with Crippen molar-refractivity contribution in [3.8, 4) is 11.1 Å². The largest absolute Gasteiger partial charge is 0.481 e. The number of thioether (sulfide) groups is 1. The third kappa shape index (κ3) is 5.92. The van der Waals surface area contributed by atoms with Gasteiger partial charge in [-0.2, -0.15) is 0 Å². The van der Waals surface area contributed by atoms with Gasteiger partial charge >= 0.3 is 5.97 Å². The van der Waals surface area contributed by atoms with Gasteiger partial charge in [0.25, 0.3) is 0 Å². The number of carbonyl (C=O) groups excluding carboxylic acids is 2. The Balaban J connectivity index is 1.21. The predicted molar refractivity (Wildman–Crippen MR) is 148 cm³/mol. The van der Waals surface area contributed by atoms with Crippen LogP contribution in [-0.2, 0) is 9.59 Å². The molecule has 1 saturated carbocycles. The summed E-state index contributed by atoms with van der Waals surface area (Å²) in [6.45, 7) is 0. The Labute approximate surface area is 223 Å². The van der Waals surface area contributed by atoms with Crippen LogP contribution in [0.5, 0.6) is 0 Å². The Morgan fingerprint density at radius 2 is 1.62 bits per heavy atom. The first-order valence-corrected chi connectivity index (χ1v) is 14.0. The second-order valence-corrected chi connectivity index (χ2v) is 11.4. The molecule has 4 aromatic rings. The predicted octanol–water partition coefficient (Wildman–Crippen LogP) is 6.77. The maximum absolute atomic E-state index is 12.8. The van der Waals surface area contributed by atoms with Gasteiger partial charge < -0.3 is 10.4 Å². The number of aromatic nitrogens is 1. The van der Waals surface area contributed by atoms with E-state index in [9.17, 15) is 19.5 Å². The lowest BCUT2D eigenvalue weighted by Crippen LogP contribution is -2.36. The zero-order valence-corrected chi connectivity index (χ0v) is 21.7. The van der Waals surface area contributed by atoms with E-state index in [0.29, 0.717) is 24.1 Å². The fraction of sp³-hybridized carbons (Fsp3) is 0.241. The number of carboxylic acid groups (broad SMARTS) is 1. The summed E-state index contributed by atoms with van der Waals surface area (Å²) in [5.74, 6) is -1.96. The number of fused-ring (bicyclic) bond motifs is 1. The smallest absolute Gasteiger partial charge is 0.307 e. The van der Waals surface area contributed by atoms with E-state index in [1.807, 2.05) is 66.7 Å². The molecule has 3 aromatic carbocycles. The minimum Gasteiger partial charge on any atom is -0.481 e. The Kier molecular flexibility index (Phi) is 7.67. The number of carbonyl (C=O) groups is 3. The molecule has 0 saturated heterocycles. The molecule has 188 valence electrons. The molecule has 1 amide bonds. The molecule has 0 aliphatic heterocycles. The zero-order chi connectivity index (χ0) is 25.8. The van der Waals surface area contributed by atoms with E-state index in [4.69, 9.17) is 0 Å². The summed E-state index contributed by atoms with van der Waals surface area (Å²) in [4.78, 5) is 41.7. The number of hydrogen-bond donors (Lipinski definition) is 2. The van der Waals surface area contributed by atoms with Gasteiger partial charge in [-0.1, -0.05) is 79.2 Å². The number of hydrogen-bond acceptors (Lipinski definition) is 6. The summed E-state index contributed by atoms with van der Waals surface area (Å²) in [6.07, 6.45) is 2.84. The summed E-state index contributed by atoms with van der Waals surface area (Å²) < 4.78 is 1.68. The van der Waals surface area contributed by atoms with Gasteiger partial charge in [-0.15, -0.1) is 11.3 Å². The standard InChI is InChI=1S/C29H26N2O4S2/c32-25(20-12-10-19(11-13-20)18-6-2-1-3-7-18)17-36-29-31-24-15-14-21(16-26(24)37-29)30-27(33)22-8-4-5-9-23(22)28(34)35/h1-3,6-7,10-16,22-23H,4-5,8-9,17H2,(H,30,33)(H,34,35)/t22-,23+/m0/s1. The number of rotatable bonds is 8. The van der Waals surface area contributed by atoms with Gasteiger partial charge in [0.1, 0.15) is 0 Å². The first kappa shape index (κ1) is 25.2. The van der Waals surface area contributed by atoms with Crippen molar-refractivity contribution in [2.45, 2.75) is 30.0 Å². The molecule has 1 aromatic heterocycles. The molecule has 1 fully saturated rings. The van der Waals surface area contributed by atoms with Crippen molar-refractivity contribution < 1.29 is 19.5 Å². The van der Waals surface area contributed by atoms with Crippen molar-refractivity contribution in [1.82, 2.24) is 4.98 Å². The van der Waals surface area contributed by atoms with Crippen molar-refractivity contribution in [2.75, 3.05) is 11.1 Å². The fourth-order valence-electron chi connectivity index (χ4n) is 4.71. The van der Waals surface area contributed by atoms with Crippen molar-refractivity contribution in [2.24, 2.45) is 11.8 Å². The van der Waals surface area contributed by atoms with Gasteiger partial charge in [0.2, 0.25) is 5.91 Å². The third-order valence-corrected chi connectivity index (χ3v) is 8.86. The van der Waals surface area contributed by atoms with Crippen LogP contribution in [0.2, 0.25) is 0 Å². The van der Waals surface area contributed by atoms with Gasteiger partial charge in [0.05, 0.1) is 27.8 Å². The van der Waals surface area contributed by atoms with Gasteiger partial charge in [0, 0.05) is 11.3 Å². The van der Waals surface area contributed by atoms with Crippen LogP contribution in [-0.4, -0.2) is 33.5 Å². The lowest BCUT2D eigenvalue weighted by Gasteiger charge is -2.27. The van der Waals surface area contributed by atoms with E-state index in [0.717, 1.165) is 38.5 Å². The van der Waals surface area contributed by atoms with E-state index in [2.05, 4.69) is 10.3 Å². The molecule has 1 heterocycles. The minimum absolute atomic E-state index is 0.0392. The van der Waals surface area contributed by atoms with Crippen LogP contribution in [0.4, 0.5) is 5.69 Å². The van der Waals surface area contributed by atoms with Crippen LogP contribution in [0.15, 0.2) is 77.1 Å². The number of amides is 1. The molecule has 5 rings (SSSR count). The molecule has 0 spiro atoms. The van der Waals surface area contributed by atoms with E-state index in [-0.39, 0.29) is 17.4 Å². The minimum atomic E-state index is -0.902. The Bertz CT molecular complexity index is 1430. The zero-order valence-electron chi connectivity index (χ0n) is 20.1. The summed E-state index contributed by atoms with van der Waals surface area (Å²) in [7, 11) is 0. The van der Waals surface area contributed by atoms with Gasteiger partial charge in [0.15, 0.2) is 10.1 Å². The van der Waals surface area contributed by atoms with Crippen molar-refractivity contribution in [3.63, 3.8) is 0 Å². The molecule has 2 N–H and O–H groups in total. The summed E-state index contributed by atoms with van der Waals surface area (Å²) >= 11 is 2.87. The molecule has 0 bridgehead atoms. The van der Waals surface area contributed by atoms with Gasteiger partial charge in [-0.25, -0.2) is 4.98 Å². The van der Waals surface area contributed by atoms with Crippen molar-refractivity contribution >= 4 is 56.7 Å².